The van der Waals surface area contributed by atoms with Crippen molar-refractivity contribution in [3.05, 3.63) is 47.5 Å². The molecule has 1 fully saturated rings. The highest BCUT2D eigenvalue weighted by Crippen LogP contribution is 2.15. The molecule has 2 rings (SSSR count). The van der Waals surface area contributed by atoms with Gasteiger partial charge in [-0.25, -0.2) is 4.39 Å². The number of nitrogens with zero attached hydrogens (tertiary/aromatic N) is 2. The van der Waals surface area contributed by atoms with Crippen LogP contribution >= 0.6 is 0 Å². The number of rotatable bonds is 2. The number of hydrogen-bond donors (Lipinski definition) is 1. The standard InChI is InChI=1S/C13H16FN3O/c1-16-9-13(18)17(8-12(16)6-15)7-10-2-4-11(14)5-3-10/h2-6H,7-9,15H2,1H3/b12-6-. The maximum Gasteiger partial charge on any atom is 0.242 e. The monoisotopic (exact) mass is 249 g/mol. The normalized spacial score (nSPS) is 18.6. The van der Waals surface area contributed by atoms with Gasteiger partial charge in [0.25, 0.3) is 0 Å². The predicted octanol–water partition coefficient (Wildman–Crippen LogP) is 0.900. The molecule has 18 heavy (non-hydrogen) atoms. The van der Waals surface area contributed by atoms with Crippen LogP contribution in [0.5, 0.6) is 0 Å². The third kappa shape index (κ3) is 2.61. The lowest BCUT2D eigenvalue weighted by molar-refractivity contribution is -0.134. The van der Waals surface area contributed by atoms with Crippen molar-refractivity contribution < 1.29 is 9.18 Å². The fourth-order valence-electron chi connectivity index (χ4n) is 1.94. The van der Waals surface area contributed by atoms with Gasteiger partial charge in [-0.15, -0.1) is 0 Å². The second-order valence-corrected chi connectivity index (χ2v) is 4.39. The van der Waals surface area contributed by atoms with Crippen molar-refractivity contribution in [1.29, 1.82) is 0 Å². The molecule has 0 bridgehead atoms. The van der Waals surface area contributed by atoms with E-state index in [1.54, 1.807) is 17.0 Å². The van der Waals surface area contributed by atoms with Crippen molar-refractivity contribution in [2.24, 2.45) is 5.73 Å². The van der Waals surface area contributed by atoms with Crippen LogP contribution in [0.1, 0.15) is 5.56 Å². The molecule has 0 radical (unpaired) electrons. The topological polar surface area (TPSA) is 49.6 Å². The molecular formula is C13H16FN3O. The summed E-state index contributed by atoms with van der Waals surface area (Å²) in [4.78, 5) is 15.4. The Morgan fingerprint density at radius 3 is 2.61 bits per heavy atom. The van der Waals surface area contributed by atoms with E-state index in [-0.39, 0.29) is 11.7 Å². The number of benzene rings is 1. The first-order valence-corrected chi connectivity index (χ1v) is 5.74. The van der Waals surface area contributed by atoms with Crippen LogP contribution in [0.4, 0.5) is 4.39 Å². The molecule has 1 aliphatic heterocycles. The molecule has 4 nitrogen and oxygen atoms in total. The minimum absolute atomic E-state index is 0.0485. The van der Waals surface area contributed by atoms with Crippen molar-refractivity contribution in [1.82, 2.24) is 9.80 Å². The fourth-order valence-corrected chi connectivity index (χ4v) is 1.94. The van der Waals surface area contributed by atoms with Crippen LogP contribution in [-0.4, -0.2) is 35.8 Å². The van der Waals surface area contributed by atoms with Crippen molar-refractivity contribution in [3.63, 3.8) is 0 Å². The van der Waals surface area contributed by atoms with Crippen LogP contribution in [0.2, 0.25) is 0 Å². The van der Waals surface area contributed by atoms with Crippen LogP contribution in [-0.2, 0) is 11.3 Å². The number of piperazine rings is 1. The first kappa shape index (κ1) is 12.4. The van der Waals surface area contributed by atoms with E-state index in [0.717, 1.165) is 11.3 Å². The molecule has 1 aromatic carbocycles. The SMILES string of the molecule is CN1CC(=O)N(Cc2ccc(F)cc2)C/C1=C/N. The Balaban J connectivity index is 2.09. The first-order chi connectivity index (χ1) is 8.60. The smallest absolute Gasteiger partial charge is 0.242 e. The van der Waals surface area contributed by atoms with Gasteiger partial charge in [-0.2, -0.15) is 0 Å². The molecule has 0 spiro atoms. The molecule has 0 atom stereocenters. The third-order valence-electron chi connectivity index (χ3n) is 3.05. The minimum atomic E-state index is -0.272. The summed E-state index contributed by atoms with van der Waals surface area (Å²) in [5, 5.41) is 0. The van der Waals surface area contributed by atoms with Crippen molar-refractivity contribution in [3.8, 4) is 0 Å². The summed E-state index contributed by atoms with van der Waals surface area (Å²) in [6.45, 7) is 1.29. The van der Waals surface area contributed by atoms with Crippen molar-refractivity contribution >= 4 is 5.91 Å². The highest BCUT2D eigenvalue weighted by molar-refractivity contribution is 5.80. The summed E-state index contributed by atoms with van der Waals surface area (Å²) in [6.07, 6.45) is 1.52. The number of likely N-dealkylation sites (N-methyl/N-ethyl adjacent to an activating group) is 1. The third-order valence-corrected chi connectivity index (χ3v) is 3.05. The Kier molecular flexibility index (Phi) is 3.50. The molecule has 96 valence electrons. The van der Waals surface area contributed by atoms with Crippen molar-refractivity contribution in [2.45, 2.75) is 6.54 Å². The number of carbonyl (C=O) groups excluding carboxylic acids is 1. The Hall–Kier alpha value is -2.04. The van der Waals surface area contributed by atoms with Gasteiger partial charge >= 0.3 is 0 Å². The van der Waals surface area contributed by atoms with Crippen LogP contribution in [0, 0.1) is 5.82 Å². The summed E-state index contributed by atoms with van der Waals surface area (Å²) < 4.78 is 12.8. The first-order valence-electron chi connectivity index (χ1n) is 5.74. The zero-order valence-corrected chi connectivity index (χ0v) is 10.3. The molecule has 0 aliphatic carbocycles. The second-order valence-electron chi connectivity index (χ2n) is 4.39. The Labute approximate surface area is 105 Å². The highest BCUT2D eigenvalue weighted by atomic mass is 19.1. The lowest BCUT2D eigenvalue weighted by Gasteiger charge is -2.35. The van der Waals surface area contributed by atoms with Gasteiger partial charge in [0, 0.05) is 25.5 Å². The molecule has 1 aliphatic rings. The van der Waals surface area contributed by atoms with E-state index >= 15 is 0 Å². The van der Waals surface area contributed by atoms with E-state index in [4.69, 9.17) is 5.73 Å². The molecule has 2 N–H and O–H groups in total. The summed E-state index contributed by atoms with van der Waals surface area (Å²) in [6, 6.07) is 6.17. The molecule has 0 aromatic heterocycles. The van der Waals surface area contributed by atoms with Gasteiger partial charge in [0.15, 0.2) is 0 Å². The zero-order chi connectivity index (χ0) is 13.1. The highest BCUT2D eigenvalue weighted by Gasteiger charge is 2.24. The number of halogens is 1. The van der Waals surface area contributed by atoms with Gasteiger partial charge in [0.1, 0.15) is 5.82 Å². The van der Waals surface area contributed by atoms with Gasteiger partial charge < -0.3 is 15.5 Å². The largest absolute Gasteiger partial charge is 0.403 e. The summed E-state index contributed by atoms with van der Waals surface area (Å²) in [7, 11) is 1.84. The average molecular weight is 249 g/mol. The van der Waals surface area contributed by atoms with Gasteiger partial charge in [-0.05, 0) is 17.7 Å². The van der Waals surface area contributed by atoms with Gasteiger partial charge in [0.05, 0.1) is 13.1 Å². The van der Waals surface area contributed by atoms with E-state index in [1.807, 2.05) is 11.9 Å². The molecule has 5 heteroatoms. The van der Waals surface area contributed by atoms with Gasteiger partial charge in [-0.3, -0.25) is 4.79 Å². The summed E-state index contributed by atoms with van der Waals surface area (Å²) >= 11 is 0. The lowest BCUT2D eigenvalue weighted by Crippen LogP contribution is -2.47. The van der Waals surface area contributed by atoms with E-state index < -0.39 is 0 Å². The molecule has 1 heterocycles. The maximum absolute atomic E-state index is 12.8. The quantitative estimate of drug-likeness (QED) is 0.847. The minimum Gasteiger partial charge on any atom is -0.403 e. The molecule has 1 amide bonds. The number of hydrogen-bond acceptors (Lipinski definition) is 3. The number of nitrogens with two attached hydrogens (primary N) is 1. The van der Waals surface area contributed by atoms with E-state index in [9.17, 15) is 9.18 Å². The summed E-state index contributed by atoms with van der Waals surface area (Å²) in [5.74, 6) is -0.224. The molecule has 1 aromatic rings. The second kappa shape index (κ2) is 5.08. The summed E-state index contributed by atoms with van der Waals surface area (Å²) in [5.41, 5.74) is 7.34. The van der Waals surface area contributed by atoms with E-state index in [1.165, 1.54) is 18.3 Å². The Bertz CT molecular complexity index is 470. The van der Waals surface area contributed by atoms with Gasteiger partial charge in [0.2, 0.25) is 5.91 Å². The van der Waals surface area contributed by atoms with Crippen LogP contribution in [0.3, 0.4) is 0 Å². The molecule has 0 saturated carbocycles. The van der Waals surface area contributed by atoms with E-state index in [2.05, 4.69) is 0 Å². The Morgan fingerprint density at radius 2 is 2.00 bits per heavy atom. The zero-order valence-electron chi connectivity index (χ0n) is 10.3. The fraction of sp³-hybridized carbons (Fsp3) is 0.308. The Morgan fingerprint density at radius 1 is 1.33 bits per heavy atom. The predicted molar refractivity (Wildman–Crippen MR) is 66.7 cm³/mol. The van der Waals surface area contributed by atoms with Crippen LogP contribution in [0.15, 0.2) is 36.2 Å². The molecule has 0 unspecified atom stereocenters. The molecule has 1 saturated heterocycles. The van der Waals surface area contributed by atoms with Gasteiger partial charge in [-0.1, -0.05) is 12.1 Å². The lowest BCUT2D eigenvalue weighted by atomic mass is 10.2. The maximum atomic E-state index is 12.8. The number of carbonyl (C=O) groups is 1. The van der Waals surface area contributed by atoms with Crippen LogP contribution < -0.4 is 5.73 Å². The number of amides is 1. The van der Waals surface area contributed by atoms with Crippen molar-refractivity contribution in [2.75, 3.05) is 20.1 Å². The van der Waals surface area contributed by atoms with E-state index in [0.29, 0.717) is 19.6 Å². The molecular weight excluding hydrogens is 233 g/mol. The average Bonchev–Trinajstić information content (AvgIpc) is 2.35. The van der Waals surface area contributed by atoms with Crippen LogP contribution in [0.25, 0.3) is 0 Å².